The van der Waals surface area contributed by atoms with E-state index in [1.165, 1.54) is 46.7 Å². The summed E-state index contributed by atoms with van der Waals surface area (Å²) in [5.41, 5.74) is 6.11. The van der Waals surface area contributed by atoms with Crippen molar-refractivity contribution in [1.82, 2.24) is 34.8 Å². The van der Waals surface area contributed by atoms with E-state index in [4.69, 9.17) is 20.4 Å². The van der Waals surface area contributed by atoms with Crippen molar-refractivity contribution in [3.63, 3.8) is 0 Å². The van der Waals surface area contributed by atoms with E-state index in [1.807, 2.05) is 0 Å². The Labute approximate surface area is 235 Å². The Balaban J connectivity index is 1.34. The number of carboxylic acid groups (broad SMARTS) is 2. The number of rotatable bonds is 9. The number of β-lactam (4-membered cyclic amide) rings is 1. The fraction of sp³-hybridized carbons (Fsp3) is 0.250. The number of amides is 2. The molecule has 0 unspecified atom stereocenters. The van der Waals surface area contributed by atoms with E-state index in [1.54, 1.807) is 6.07 Å². The second-order valence-corrected chi connectivity index (χ2v) is 10.8. The standard InChI is InChI=1S/C20H17N9O8S3/c1-36-27-10(8-6-40-18(21)23-8)13(30)24-11-14(31)28-15(37-20(34)35)7(5-39-16(11)28)4-38-9-2-3-22-19-25-12(17(32)33)26-29(9)19/h2-3,6,11,16H,4-5H2,1H3,(H2,21,23)(H,24,30)(H,32,33)(H,34,35)/b27-10-/t11-,16-/m1/s1. The SMILES string of the molecule is CO/N=C(\C(=O)N[C@@H]1C(=O)N2C(OC(=O)O)=C(CSc3ccnc4nc(C(=O)O)nn34)CS[C@H]12)c1csc(N)n1. The Kier molecular flexibility index (Phi) is 7.45. The molecule has 208 valence electrons. The topological polar surface area (TPSA) is 237 Å². The fourth-order valence-corrected chi connectivity index (χ4v) is 6.69. The zero-order valence-corrected chi connectivity index (χ0v) is 22.5. The summed E-state index contributed by atoms with van der Waals surface area (Å²) in [6.07, 6.45) is -0.187. The molecule has 0 spiro atoms. The molecule has 5 rings (SSSR count). The first kappa shape index (κ1) is 27.1. The summed E-state index contributed by atoms with van der Waals surface area (Å²) in [6.45, 7) is 0. The van der Waals surface area contributed by atoms with Crippen LogP contribution in [0.25, 0.3) is 5.78 Å². The van der Waals surface area contributed by atoms with Crippen molar-refractivity contribution >= 4 is 75.4 Å². The van der Waals surface area contributed by atoms with E-state index in [0.717, 1.165) is 16.2 Å². The highest BCUT2D eigenvalue weighted by Crippen LogP contribution is 2.42. The lowest BCUT2D eigenvalue weighted by molar-refractivity contribution is -0.148. The molecule has 0 radical (unpaired) electrons. The minimum absolute atomic E-state index is 0.0738. The van der Waals surface area contributed by atoms with Gasteiger partial charge in [-0.2, -0.15) is 9.50 Å². The van der Waals surface area contributed by atoms with Crippen molar-refractivity contribution in [3.8, 4) is 0 Å². The number of thiazole rings is 1. The highest BCUT2D eigenvalue weighted by atomic mass is 32.2. The minimum Gasteiger partial charge on any atom is -0.475 e. The Morgan fingerprint density at radius 2 is 2.12 bits per heavy atom. The summed E-state index contributed by atoms with van der Waals surface area (Å²) in [4.78, 5) is 66.5. The number of nitrogen functional groups attached to an aromatic ring is 1. The summed E-state index contributed by atoms with van der Waals surface area (Å²) in [7, 11) is 1.25. The van der Waals surface area contributed by atoms with E-state index in [2.05, 4.69) is 30.5 Å². The zero-order valence-electron chi connectivity index (χ0n) is 20.1. The molecular formula is C20H17N9O8S3. The van der Waals surface area contributed by atoms with Crippen molar-refractivity contribution in [1.29, 1.82) is 0 Å². The highest BCUT2D eigenvalue weighted by molar-refractivity contribution is 8.01. The van der Waals surface area contributed by atoms with E-state index in [-0.39, 0.29) is 39.7 Å². The number of fused-ring (bicyclic) bond motifs is 2. The second kappa shape index (κ2) is 11.0. The maximum absolute atomic E-state index is 13.1. The largest absolute Gasteiger partial charge is 0.512 e. The summed E-state index contributed by atoms with van der Waals surface area (Å²) in [6, 6.07) is 0.589. The third-order valence-corrected chi connectivity index (χ3v) is 8.53. The number of anilines is 1. The van der Waals surface area contributed by atoms with Crippen LogP contribution in [0.1, 0.15) is 16.3 Å². The number of aromatic nitrogens is 5. The van der Waals surface area contributed by atoms with Crippen LogP contribution in [-0.4, -0.2) is 99.4 Å². The monoisotopic (exact) mass is 607 g/mol. The van der Waals surface area contributed by atoms with Gasteiger partial charge in [0.2, 0.25) is 5.88 Å². The van der Waals surface area contributed by atoms with Gasteiger partial charge in [0, 0.05) is 28.7 Å². The number of hydrogen-bond donors (Lipinski definition) is 4. The van der Waals surface area contributed by atoms with Crippen LogP contribution in [0.4, 0.5) is 9.93 Å². The molecule has 5 heterocycles. The maximum Gasteiger partial charge on any atom is 0.512 e. The quantitative estimate of drug-likeness (QED) is 0.0639. The predicted molar refractivity (Wildman–Crippen MR) is 140 cm³/mol. The second-order valence-electron chi connectivity index (χ2n) is 7.86. The predicted octanol–water partition coefficient (Wildman–Crippen LogP) is 0.310. The third kappa shape index (κ3) is 5.10. The molecule has 2 amide bonds. The number of thioether (sulfide) groups is 2. The molecule has 2 aliphatic heterocycles. The van der Waals surface area contributed by atoms with Gasteiger partial charge in [-0.3, -0.25) is 14.5 Å². The normalized spacial score (nSPS) is 18.8. The van der Waals surface area contributed by atoms with Crippen LogP contribution in [0.5, 0.6) is 0 Å². The first-order valence-electron chi connectivity index (χ1n) is 11.0. The summed E-state index contributed by atoms with van der Waals surface area (Å²) in [5, 5.41) is 30.3. The van der Waals surface area contributed by atoms with Crippen molar-refractivity contribution in [2.45, 2.75) is 16.4 Å². The van der Waals surface area contributed by atoms with Gasteiger partial charge >= 0.3 is 12.1 Å². The first-order chi connectivity index (χ1) is 19.2. The number of ether oxygens (including phenoxy) is 1. The van der Waals surface area contributed by atoms with E-state index < -0.39 is 41.2 Å². The number of oxime groups is 1. The highest BCUT2D eigenvalue weighted by Gasteiger charge is 2.54. The van der Waals surface area contributed by atoms with Gasteiger partial charge in [0.25, 0.3) is 23.4 Å². The molecule has 1 saturated heterocycles. The smallest absolute Gasteiger partial charge is 0.475 e. The summed E-state index contributed by atoms with van der Waals surface area (Å²) >= 11 is 3.58. The van der Waals surface area contributed by atoms with Gasteiger partial charge in [-0.25, -0.2) is 19.6 Å². The van der Waals surface area contributed by atoms with Gasteiger partial charge in [-0.1, -0.05) is 5.16 Å². The van der Waals surface area contributed by atoms with Crippen molar-refractivity contribution in [2.75, 3.05) is 24.3 Å². The number of nitrogens with two attached hydrogens (primary N) is 1. The molecule has 2 atom stereocenters. The Morgan fingerprint density at radius 1 is 1.32 bits per heavy atom. The maximum atomic E-state index is 13.1. The Hall–Kier alpha value is -4.43. The number of aromatic carboxylic acids is 1. The molecule has 0 aromatic carbocycles. The molecule has 0 saturated carbocycles. The fourth-order valence-electron chi connectivity index (χ4n) is 3.75. The van der Waals surface area contributed by atoms with Gasteiger partial charge in [0.1, 0.15) is 29.2 Å². The molecule has 5 N–H and O–H groups in total. The average molecular weight is 608 g/mol. The number of carbonyl (C=O) groups excluding carboxylic acids is 2. The number of carbonyl (C=O) groups is 4. The van der Waals surface area contributed by atoms with Crippen LogP contribution in [0.3, 0.4) is 0 Å². The summed E-state index contributed by atoms with van der Waals surface area (Å²) < 4.78 is 6.25. The van der Waals surface area contributed by atoms with Crippen molar-refractivity contribution in [2.24, 2.45) is 5.16 Å². The van der Waals surface area contributed by atoms with E-state index in [0.29, 0.717) is 10.6 Å². The molecule has 1 fully saturated rings. The van der Waals surface area contributed by atoms with Crippen LogP contribution in [0.15, 0.2) is 39.3 Å². The Morgan fingerprint density at radius 3 is 2.80 bits per heavy atom. The average Bonchev–Trinajstić information content (AvgIpc) is 3.55. The van der Waals surface area contributed by atoms with Crippen LogP contribution < -0.4 is 11.1 Å². The molecule has 2 aliphatic rings. The van der Waals surface area contributed by atoms with Crippen LogP contribution >= 0.6 is 34.9 Å². The van der Waals surface area contributed by atoms with Gasteiger partial charge in [0.15, 0.2) is 10.8 Å². The molecule has 3 aromatic heterocycles. The number of hydrogen-bond acceptors (Lipinski definition) is 15. The zero-order chi connectivity index (χ0) is 28.6. The van der Waals surface area contributed by atoms with E-state index >= 15 is 0 Å². The third-order valence-electron chi connectivity index (χ3n) is 5.42. The molecule has 3 aromatic rings. The molecule has 17 nitrogen and oxygen atoms in total. The lowest BCUT2D eigenvalue weighted by atomic mass is 10.1. The number of nitrogens with zero attached hydrogens (tertiary/aromatic N) is 7. The molecule has 40 heavy (non-hydrogen) atoms. The molecular weight excluding hydrogens is 590 g/mol. The molecule has 20 heteroatoms. The van der Waals surface area contributed by atoms with Gasteiger partial charge < -0.3 is 30.8 Å². The molecule has 0 aliphatic carbocycles. The van der Waals surface area contributed by atoms with Gasteiger partial charge in [0.05, 0.1) is 0 Å². The Bertz CT molecular complexity index is 1600. The van der Waals surface area contributed by atoms with Crippen LogP contribution in [0, 0.1) is 0 Å². The van der Waals surface area contributed by atoms with Gasteiger partial charge in [-0.05, 0) is 6.07 Å². The summed E-state index contributed by atoms with van der Waals surface area (Å²) in [5.74, 6) is -2.71. The van der Waals surface area contributed by atoms with Gasteiger partial charge in [-0.15, -0.1) is 40.0 Å². The minimum atomic E-state index is -1.62. The first-order valence-corrected chi connectivity index (χ1v) is 13.9. The number of carboxylic acids is 1. The van der Waals surface area contributed by atoms with Crippen molar-refractivity contribution < 1.29 is 39.0 Å². The van der Waals surface area contributed by atoms with E-state index in [9.17, 15) is 24.3 Å². The lowest BCUT2D eigenvalue weighted by Gasteiger charge is -2.49. The lowest BCUT2D eigenvalue weighted by Crippen LogP contribution is -2.70. The number of nitrogens with one attached hydrogen (secondary N) is 1. The van der Waals surface area contributed by atoms with Crippen LogP contribution in [-0.2, 0) is 19.2 Å². The molecule has 0 bridgehead atoms. The van der Waals surface area contributed by atoms with Crippen molar-refractivity contribution in [3.05, 3.63) is 40.6 Å². The van der Waals surface area contributed by atoms with Crippen LogP contribution in [0.2, 0.25) is 0 Å².